The minimum atomic E-state index is -1.39. The molecule has 1 aliphatic rings. The summed E-state index contributed by atoms with van der Waals surface area (Å²) < 4.78 is 25.7. The van der Waals surface area contributed by atoms with Crippen molar-refractivity contribution in [3.63, 3.8) is 0 Å². The second kappa shape index (κ2) is 10.3. The number of hydrogen-bond acceptors (Lipinski definition) is 6. The van der Waals surface area contributed by atoms with Crippen LogP contribution in [0.4, 0.5) is 10.1 Å². The molecule has 34 heavy (non-hydrogen) atoms. The molecule has 2 heterocycles. The summed E-state index contributed by atoms with van der Waals surface area (Å²) in [4.78, 5) is 40.6. The van der Waals surface area contributed by atoms with E-state index in [0.29, 0.717) is 30.8 Å². The Hall–Kier alpha value is -3.27. The van der Waals surface area contributed by atoms with Crippen LogP contribution in [0.1, 0.15) is 60.7 Å². The number of esters is 1. The molecule has 1 aromatic carbocycles. The van der Waals surface area contributed by atoms with E-state index < -0.39 is 29.1 Å². The molecule has 0 spiro atoms. The molecule has 0 fully saturated rings. The van der Waals surface area contributed by atoms with Crippen LogP contribution in [0.5, 0.6) is 0 Å². The van der Waals surface area contributed by atoms with Crippen molar-refractivity contribution in [1.82, 2.24) is 15.1 Å². The number of carbonyl (C=O) groups excluding carboxylic acids is 3. The minimum Gasteiger partial charge on any atom is -0.461 e. The van der Waals surface area contributed by atoms with Gasteiger partial charge in [0.1, 0.15) is 17.1 Å². The summed E-state index contributed by atoms with van der Waals surface area (Å²) in [5.41, 5.74) is -0.365. The van der Waals surface area contributed by atoms with Crippen molar-refractivity contribution in [3.8, 4) is 0 Å². The number of hydrogen-bond donors (Lipinski definition) is 1. The van der Waals surface area contributed by atoms with Gasteiger partial charge < -0.3 is 14.8 Å². The van der Waals surface area contributed by atoms with E-state index in [9.17, 15) is 18.8 Å². The van der Waals surface area contributed by atoms with Crippen LogP contribution in [0.3, 0.4) is 0 Å². The summed E-state index contributed by atoms with van der Waals surface area (Å²) in [6.07, 6.45) is 0.691. The van der Waals surface area contributed by atoms with Crippen LogP contribution in [-0.4, -0.2) is 59.0 Å². The standard InChI is InChI=1S/C24H31FN4O5/c1-6-33-22(31)18-13-20-21(30)29(19-9-8-17(25)12-16(19)4)24(5,14-28(20)27-18)23(32)26-10-7-11-34-15(2)3/h8-9,12-13,15H,6-7,10-11,14H2,1-5H3,(H,26,32)/t24-/m0/s1. The van der Waals surface area contributed by atoms with Gasteiger partial charge in [0.2, 0.25) is 5.91 Å². The third-order valence-electron chi connectivity index (χ3n) is 5.58. The highest BCUT2D eigenvalue weighted by Crippen LogP contribution is 2.35. The lowest BCUT2D eigenvalue weighted by molar-refractivity contribution is -0.126. The van der Waals surface area contributed by atoms with Gasteiger partial charge in [-0.1, -0.05) is 0 Å². The molecule has 0 unspecified atom stereocenters. The second-order valence-electron chi connectivity index (χ2n) is 8.67. The molecule has 9 nitrogen and oxygen atoms in total. The van der Waals surface area contributed by atoms with E-state index in [1.165, 1.54) is 33.8 Å². The fourth-order valence-corrected chi connectivity index (χ4v) is 3.92. The third kappa shape index (κ3) is 5.11. The lowest BCUT2D eigenvalue weighted by atomic mass is 9.93. The van der Waals surface area contributed by atoms with Gasteiger partial charge in [-0.25, -0.2) is 9.18 Å². The number of nitrogens with zero attached hydrogens (tertiary/aromatic N) is 3. The number of benzene rings is 1. The Morgan fingerprint density at radius 1 is 1.29 bits per heavy atom. The van der Waals surface area contributed by atoms with Gasteiger partial charge in [0.15, 0.2) is 5.69 Å². The minimum absolute atomic E-state index is 0.00137. The molecular formula is C24H31FN4O5. The second-order valence-corrected chi connectivity index (χ2v) is 8.67. The van der Waals surface area contributed by atoms with Crippen molar-refractivity contribution in [2.75, 3.05) is 24.7 Å². The first-order valence-corrected chi connectivity index (χ1v) is 11.3. The van der Waals surface area contributed by atoms with Gasteiger partial charge >= 0.3 is 5.97 Å². The van der Waals surface area contributed by atoms with Crippen LogP contribution in [0.15, 0.2) is 24.3 Å². The van der Waals surface area contributed by atoms with E-state index >= 15 is 0 Å². The third-order valence-corrected chi connectivity index (χ3v) is 5.58. The van der Waals surface area contributed by atoms with E-state index in [1.807, 2.05) is 13.8 Å². The quantitative estimate of drug-likeness (QED) is 0.443. The summed E-state index contributed by atoms with van der Waals surface area (Å²) in [5, 5.41) is 7.10. The van der Waals surface area contributed by atoms with Crippen LogP contribution in [-0.2, 0) is 20.8 Å². The molecule has 3 rings (SSSR count). The molecule has 0 saturated heterocycles. The number of nitrogens with one attached hydrogen (secondary N) is 1. The molecule has 184 valence electrons. The maximum atomic E-state index is 13.8. The van der Waals surface area contributed by atoms with Crippen molar-refractivity contribution in [1.29, 1.82) is 0 Å². The number of carbonyl (C=O) groups is 3. The van der Waals surface area contributed by atoms with Gasteiger partial charge in [-0.15, -0.1) is 0 Å². The lowest BCUT2D eigenvalue weighted by Gasteiger charge is -2.43. The van der Waals surface area contributed by atoms with Gasteiger partial charge in [-0.05, 0) is 64.8 Å². The molecule has 1 aromatic heterocycles. The molecule has 2 amide bonds. The van der Waals surface area contributed by atoms with E-state index in [1.54, 1.807) is 20.8 Å². The van der Waals surface area contributed by atoms with Gasteiger partial charge in [-0.2, -0.15) is 5.10 Å². The molecule has 1 N–H and O–H groups in total. The smallest absolute Gasteiger partial charge is 0.358 e. The van der Waals surface area contributed by atoms with Gasteiger partial charge in [-0.3, -0.25) is 19.2 Å². The first-order chi connectivity index (χ1) is 16.1. The molecule has 0 aliphatic carbocycles. The Morgan fingerprint density at radius 2 is 2.03 bits per heavy atom. The maximum Gasteiger partial charge on any atom is 0.358 e. The number of anilines is 1. The first kappa shape index (κ1) is 25.4. The number of halogens is 1. The van der Waals surface area contributed by atoms with Crippen molar-refractivity contribution in [2.45, 2.75) is 59.2 Å². The average Bonchev–Trinajstić information content (AvgIpc) is 3.19. The highest BCUT2D eigenvalue weighted by molar-refractivity contribution is 6.12. The van der Waals surface area contributed by atoms with E-state index in [0.717, 1.165) is 0 Å². The average molecular weight is 475 g/mol. The van der Waals surface area contributed by atoms with E-state index in [2.05, 4.69) is 10.4 Å². The number of fused-ring (bicyclic) bond motifs is 1. The molecule has 10 heteroatoms. The fourth-order valence-electron chi connectivity index (χ4n) is 3.92. The number of ether oxygens (including phenoxy) is 2. The normalized spacial score (nSPS) is 17.6. The van der Waals surface area contributed by atoms with Crippen molar-refractivity contribution < 1.29 is 28.2 Å². The molecule has 2 aromatic rings. The Kier molecular flexibility index (Phi) is 7.71. The summed E-state index contributed by atoms with van der Waals surface area (Å²) in [6.45, 7) is 9.84. The summed E-state index contributed by atoms with van der Waals surface area (Å²) in [7, 11) is 0. The van der Waals surface area contributed by atoms with Gasteiger partial charge in [0.25, 0.3) is 5.91 Å². The summed E-state index contributed by atoms with van der Waals surface area (Å²) in [6, 6.07) is 5.38. The molecule has 1 atom stereocenters. The summed E-state index contributed by atoms with van der Waals surface area (Å²) >= 11 is 0. The summed E-state index contributed by atoms with van der Waals surface area (Å²) in [5.74, 6) is -2.02. The number of amides is 2. The fraction of sp³-hybridized carbons (Fsp3) is 0.500. The SMILES string of the molecule is CCOC(=O)c1cc2n(n1)C[C@@](C)(C(=O)NCCCOC(C)C)N(c1ccc(F)cc1C)C2=O. The first-order valence-electron chi connectivity index (χ1n) is 11.3. The zero-order valence-corrected chi connectivity index (χ0v) is 20.2. The predicted molar refractivity (Wildman–Crippen MR) is 123 cm³/mol. The van der Waals surface area contributed by atoms with Crippen LogP contribution < -0.4 is 10.2 Å². The monoisotopic (exact) mass is 474 g/mol. The molecular weight excluding hydrogens is 443 g/mol. The highest BCUT2D eigenvalue weighted by atomic mass is 19.1. The van der Waals surface area contributed by atoms with Gasteiger partial charge in [0.05, 0.1) is 19.3 Å². The predicted octanol–water partition coefficient (Wildman–Crippen LogP) is 2.86. The van der Waals surface area contributed by atoms with Gasteiger partial charge in [0, 0.05) is 24.9 Å². The number of aromatic nitrogens is 2. The maximum absolute atomic E-state index is 13.8. The number of aryl methyl sites for hydroxylation is 1. The molecule has 0 saturated carbocycles. The largest absolute Gasteiger partial charge is 0.461 e. The molecule has 0 bridgehead atoms. The van der Waals surface area contributed by atoms with Crippen molar-refractivity contribution >= 4 is 23.5 Å². The Balaban J connectivity index is 1.96. The zero-order chi connectivity index (χ0) is 25.0. The van der Waals surface area contributed by atoms with Crippen LogP contribution in [0.25, 0.3) is 0 Å². The zero-order valence-electron chi connectivity index (χ0n) is 20.2. The molecule has 1 aliphatic heterocycles. The van der Waals surface area contributed by atoms with Crippen LogP contribution >= 0.6 is 0 Å². The van der Waals surface area contributed by atoms with Crippen LogP contribution in [0.2, 0.25) is 0 Å². The van der Waals surface area contributed by atoms with Crippen molar-refractivity contribution in [2.24, 2.45) is 0 Å². The Bertz CT molecular complexity index is 1080. The van der Waals surface area contributed by atoms with Crippen molar-refractivity contribution in [3.05, 3.63) is 47.0 Å². The lowest BCUT2D eigenvalue weighted by Crippen LogP contribution is -2.64. The van der Waals surface area contributed by atoms with E-state index in [4.69, 9.17) is 9.47 Å². The van der Waals surface area contributed by atoms with E-state index in [-0.39, 0.29) is 30.6 Å². The Labute approximate surface area is 198 Å². The molecule has 0 radical (unpaired) electrons. The topological polar surface area (TPSA) is 103 Å². The highest BCUT2D eigenvalue weighted by Gasteiger charge is 2.49. The number of rotatable bonds is 9. The van der Waals surface area contributed by atoms with Crippen LogP contribution in [0, 0.1) is 12.7 Å². The Morgan fingerprint density at radius 3 is 2.68 bits per heavy atom.